The highest BCUT2D eigenvalue weighted by Gasteiger charge is 2.23. The van der Waals surface area contributed by atoms with E-state index in [0.717, 1.165) is 13.1 Å². The molecule has 0 aromatic rings. The zero-order valence-electron chi connectivity index (χ0n) is 8.00. The summed E-state index contributed by atoms with van der Waals surface area (Å²) < 4.78 is 5.62. The first-order valence-corrected chi connectivity index (χ1v) is 4.49. The van der Waals surface area contributed by atoms with Crippen LogP contribution in [-0.2, 0) is 4.74 Å². The number of ether oxygens (including phenoxy) is 1. The maximum Gasteiger partial charge on any atom is 0.0678 e. The van der Waals surface area contributed by atoms with E-state index in [4.69, 9.17) is 4.74 Å². The lowest BCUT2D eigenvalue weighted by molar-refractivity contribution is -0.0764. The molecule has 1 rings (SSSR count). The van der Waals surface area contributed by atoms with Gasteiger partial charge in [0.25, 0.3) is 0 Å². The van der Waals surface area contributed by atoms with Crippen LogP contribution in [0.2, 0.25) is 0 Å². The third kappa shape index (κ3) is 2.46. The molecule has 1 saturated heterocycles. The molecule has 1 aliphatic rings. The second-order valence-electron chi connectivity index (χ2n) is 3.80. The second kappa shape index (κ2) is 3.55. The van der Waals surface area contributed by atoms with Gasteiger partial charge in [0.1, 0.15) is 0 Å². The molecular formula is C9H19NO. The van der Waals surface area contributed by atoms with Crippen molar-refractivity contribution in [1.29, 1.82) is 0 Å². The smallest absolute Gasteiger partial charge is 0.0678 e. The fourth-order valence-corrected chi connectivity index (χ4v) is 1.64. The van der Waals surface area contributed by atoms with Gasteiger partial charge in [-0.15, -0.1) is 0 Å². The monoisotopic (exact) mass is 157 g/mol. The molecule has 0 N–H and O–H groups in total. The molecule has 0 spiro atoms. The van der Waals surface area contributed by atoms with Crippen molar-refractivity contribution < 1.29 is 4.74 Å². The van der Waals surface area contributed by atoms with E-state index in [9.17, 15) is 0 Å². The van der Waals surface area contributed by atoms with Crippen LogP contribution < -0.4 is 0 Å². The fourth-order valence-electron chi connectivity index (χ4n) is 1.64. The normalized spacial score (nSPS) is 34.6. The number of morpholine rings is 1. The van der Waals surface area contributed by atoms with E-state index < -0.39 is 0 Å². The summed E-state index contributed by atoms with van der Waals surface area (Å²) in [5, 5.41) is 0. The quantitative estimate of drug-likeness (QED) is 0.572. The predicted octanol–water partition coefficient (Wildman–Crippen LogP) is 1.50. The Kier molecular flexibility index (Phi) is 2.90. The first-order chi connectivity index (χ1) is 5.09. The highest BCUT2D eigenvalue weighted by Crippen LogP contribution is 2.12. The minimum Gasteiger partial charge on any atom is -0.373 e. The third-order valence-corrected chi connectivity index (χ3v) is 2.18. The zero-order chi connectivity index (χ0) is 8.43. The van der Waals surface area contributed by atoms with E-state index in [1.54, 1.807) is 0 Å². The lowest BCUT2D eigenvalue weighted by Gasteiger charge is -2.37. The van der Waals surface area contributed by atoms with Crippen molar-refractivity contribution in [3.63, 3.8) is 0 Å². The van der Waals surface area contributed by atoms with Crippen LogP contribution in [0.4, 0.5) is 0 Å². The fraction of sp³-hybridized carbons (Fsp3) is 1.00. The molecular weight excluding hydrogens is 138 g/mol. The number of nitrogens with zero attached hydrogens (tertiary/aromatic N) is 1. The lowest BCUT2D eigenvalue weighted by atomic mass is 10.2. The molecule has 0 aromatic carbocycles. The van der Waals surface area contributed by atoms with E-state index in [1.165, 1.54) is 0 Å². The van der Waals surface area contributed by atoms with E-state index in [-0.39, 0.29) is 0 Å². The number of rotatable bonds is 1. The zero-order valence-corrected chi connectivity index (χ0v) is 8.00. The first kappa shape index (κ1) is 9.01. The summed E-state index contributed by atoms with van der Waals surface area (Å²) in [4.78, 5) is 2.47. The maximum atomic E-state index is 5.62. The standard InChI is InChI=1S/C9H19NO/c1-7(2)10-5-8(3)11-9(4)6-10/h7-9H,5-6H2,1-4H3/t8-,9+. The van der Waals surface area contributed by atoms with E-state index in [2.05, 4.69) is 32.6 Å². The van der Waals surface area contributed by atoms with Crippen molar-refractivity contribution >= 4 is 0 Å². The molecule has 0 amide bonds. The Morgan fingerprint density at radius 3 is 2.00 bits per heavy atom. The molecule has 1 heterocycles. The topological polar surface area (TPSA) is 12.5 Å². The summed E-state index contributed by atoms with van der Waals surface area (Å²) in [5.41, 5.74) is 0. The van der Waals surface area contributed by atoms with Gasteiger partial charge in [-0.1, -0.05) is 0 Å². The highest BCUT2D eigenvalue weighted by atomic mass is 16.5. The summed E-state index contributed by atoms with van der Waals surface area (Å²) in [6.45, 7) is 10.9. The average Bonchev–Trinajstić information content (AvgIpc) is 1.85. The van der Waals surface area contributed by atoms with Gasteiger partial charge in [-0.05, 0) is 27.7 Å². The molecule has 1 fully saturated rings. The summed E-state index contributed by atoms with van der Waals surface area (Å²) in [6, 6.07) is 0.656. The summed E-state index contributed by atoms with van der Waals surface area (Å²) >= 11 is 0. The maximum absolute atomic E-state index is 5.62. The van der Waals surface area contributed by atoms with Crippen LogP contribution in [0, 0.1) is 0 Å². The van der Waals surface area contributed by atoms with Gasteiger partial charge in [0, 0.05) is 19.1 Å². The average molecular weight is 157 g/mol. The Balaban J connectivity index is 2.43. The minimum atomic E-state index is 0.404. The van der Waals surface area contributed by atoms with Gasteiger partial charge >= 0.3 is 0 Å². The van der Waals surface area contributed by atoms with Crippen LogP contribution in [0.25, 0.3) is 0 Å². The van der Waals surface area contributed by atoms with Crippen molar-refractivity contribution in [1.82, 2.24) is 4.90 Å². The van der Waals surface area contributed by atoms with Crippen LogP contribution in [0.5, 0.6) is 0 Å². The van der Waals surface area contributed by atoms with Crippen LogP contribution in [0.3, 0.4) is 0 Å². The Labute approximate surface area is 69.5 Å². The van der Waals surface area contributed by atoms with Crippen LogP contribution in [-0.4, -0.2) is 36.2 Å². The molecule has 1 aliphatic heterocycles. The van der Waals surface area contributed by atoms with Gasteiger partial charge in [0.15, 0.2) is 0 Å². The SMILES string of the molecule is CC(C)N1C[C@@H](C)O[C@@H](C)C1. The van der Waals surface area contributed by atoms with Crippen molar-refractivity contribution in [2.75, 3.05) is 13.1 Å². The number of hydrogen-bond donors (Lipinski definition) is 0. The molecule has 0 aromatic heterocycles. The van der Waals surface area contributed by atoms with Gasteiger partial charge in [0.2, 0.25) is 0 Å². The van der Waals surface area contributed by atoms with Crippen LogP contribution >= 0.6 is 0 Å². The van der Waals surface area contributed by atoms with Gasteiger partial charge < -0.3 is 4.74 Å². The summed E-state index contributed by atoms with van der Waals surface area (Å²) in [6.07, 6.45) is 0.808. The molecule has 0 bridgehead atoms. The first-order valence-electron chi connectivity index (χ1n) is 4.49. The Hall–Kier alpha value is -0.0800. The predicted molar refractivity (Wildman–Crippen MR) is 46.7 cm³/mol. The summed E-state index contributed by atoms with van der Waals surface area (Å²) in [5.74, 6) is 0. The van der Waals surface area contributed by atoms with Gasteiger partial charge in [-0.3, -0.25) is 4.90 Å². The van der Waals surface area contributed by atoms with E-state index in [0.29, 0.717) is 18.2 Å². The lowest BCUT2D eigenvalue weighted by Crippen LogP contribution is -2.48. The second-order valence-corrected chi connectivity index (χ2v) is 3.80. The van der Waals surface area contributed by atoms with Crippen molar-refractivity contribution in [2.24, 2.45) is 0 Å². The number of hydrogen-bond acceptors (Lipinski definition) is 2. The molecule has 2 nitrogen and oxygen atoms in total. The molecule has 0 aliphatic carbocycles. The minimum absolute atomic E-state index is 0.404. The molecule has 66 valence electrons. The van der Waals surface area contributed by atoms with E-state index in [1.807, 2.05) is 0 Å². The summed E-state index contributed by atoms with van der Waals surface area (Å²) in [7, 11) is 0. The third-order valence-electron chi connectivity index (χ3n) is 2.18. The highest BCUT2D eigenvalue weighted by molar-refractivity contribution is 4.75. The van der Waals surface area contributed by atoms with Crippen LogP contribution in [0.1, 0.15) is 27.7 Å². The molecule has 2 atom stereocenters. The molecule has 0 saturated carbocycles. The van der Waals surface area contributed by atoms with Crippen molar-refractivity contribution in [3.8, 4) is 0 Å². The van der Waals surface area contributed by atoms with Crippen molar-refractivity contribution in [3.05, 3.63) is 0 Å². The van der Waals surface area contributed by atoms with Gasteiger partial charge in [-0.25, -0.2) is 0 Å². The molecule has 2 heteroatoms. The molecule has 0 radical (unpaired) electrons. The largest absolute Gasteiger partial charge is 0.373 e. The Morgan fingerprint density at radius 2 is 1.64 bits per heavy atom. The van der Waals surface area contributed by atoms with Crippen LogP contribution in [0.15, 0.2) is 0 Å². The molecule has 11 heavy (non-hydrogen) atoms. The van der Waals surface area contributed by atoms with E-state index >= 15 is 0 Å². The Morgan fingerprint density at radius 1 is 1.18 bits per heavy atom. The Bertz CT molecular complexity index is 115. The molecule has 0 unspecified atom stereocenters. The van der Waals surface area contributed by atoms with Crippen molar-refractivity contribution in [2.45, 2.75) is 45.9 Å². The van der Waals surface area contributed by atoms with Gasteiger partial charge in [0.05, 0.1) is 12.2 Å². The van der Waals surface area contributed by atoms with Gasteiger partial charge in [-0.2, -0.15) is 0 Å².